The minimum atomic E-state index is 0.138. The van der Waals surface area contributed by atoms with Crippen molar-refractivity contribution in [3.8, 4) is 0 Å². The molecule has 90 valence electrons. The smallest absolute Gasteiger partial charge is 0.253 e. The van der Waals surface area contributed by atoms with Crippen LogP contribution in [0.5, 0.6) is 0 Å². The Morgan fingerprint density at radius 3 is 2.94 bits per heavy atom. The zero-order chi connectivity index (χ0) is 12.0. The Morgan fingerprint density at radius 2 is 2.25 bits per heavy atom. The Kier molecular flexibility index (Phi) is 5.26. The van der Waals surface area contributed by atoms with E-state index in [9.17, 15) is 4.79 Å². The highest BCUT2D eigenvalue weighted by Gasteiger charge is 2.01. The summed E-state index contributed by atoms with van der Waals surface area (Å²) in [4.78, 5) is 11.7. The number of hydrogen-bond acceptors (Lipinski definition) is 2. The van der Waals surface area contributed by atoms with E-state index >= 15 is 0 Å². The molecular formula is C13H22N2O. The van der Waals surface area contributed by atoms with Gasteiger partial charge in [-0.2, -0.15) is 0 Å². The van der Waals surface area contributed by atoms with E-state index in [-0.39, 0.29) is 5.56 Å². The molecule has 0 saturated carbocycles. The minimum Gasteiger partial charge on any atom is -0.315 e. The first kappa shape index (κ1) is 13.0. The van der Waals surface area contributed by atoms with Crippen LogP contribution in [-0.4, -0.2) is 17.2 Å². The van der Waals surface area contributed by atoms with E-state index in [1.54, 1.807) is 4.57 Å². The molecular weight excluding hydrogens is 200 g/mol. The fraction of sp³-hybridized carbons (Fsp3) is 0.615. The highest BCUT2D eigenvalue weighted by Crippen LogP contribution is 1.99. The predicted octanol–water partition coefficient (Wildman–Crippen LogP) is 1.93. The molecule has 0 aliphatic heterocycles. The largest absolute Gasteiger partial charge is 0.315 e. The van der Waals surface area contributed by atoms with Gasteiger partial charge in [0.25, 0.3) is 5.56 Å². The third kappa shape index (κ3) is 3.81. The summed E-state index contributed by atoms with van der Waals surface area (Å²) in [6, 6.07) is 4.33. The highest BCUT2D eigenvalue weighted by molar-refractivity contribution is 5.07. The zero-order valence-electron chi connectivity index (χ0n) is 10.5. The molecule has 1 aromatic rings. The van der Waals surface area contributed by atoms with Crippen molar-refractivity contribution in [3.05, 3.63) is 34.2 Å². The van der Waals surface area contributed by atoms with Gasteiger partial charge in [0, 0.05) is 24.3 Å². The van der Waals surface area contributed by atoms with Crippen LogP contribution in [0.2, 0.25) is 0 Å². The Hall–Kier alpha value is -1.09. The molecule has 1 atom stereocenters. The lowest BCUT2D eigenvalue weighted by atomic mass is 10.2. The summed E-state index contributed by atoms with van der Waals surface area (Å²) >= 11 is 0. The number of hydrogen-bond donors (Lipinski definition) is 1. The van der Waals surface area contributed by atoms with Crippen molar-refractivity contribution in [1.29, 1.82) is 0 Å². The van der Waals surface area contributed by atoms with E-state index in [1.165, 1.54) is 0 Å². The van der Waals surface area contributed by atoms with Gasteiger partial charge in [-0.3, -0.25) is 4.79 Å². The molecule has 0 saturated heterocycles. The van der Waals surface area contributed by atoms with Crippen molar-refractivity contribution in [2.75, 3.05) is 6.54 Å². The van der Waals surface area contributed by atoms with Crippen LogP contribution in [0.25, 0.3) is 0 Å². The number of nitrogens with one attached hydrogen (secondary N) is 1. The standard InChI is InChI=1S/C13H22N2O/c1-4-14-12(3)8-6-10-15-9-5-7-11(2)13(15)16/h5,7,9,12,14H,4,6,8,10H2,1-3H3. The van der Waals surface area contributed by atoms with Crippen molar-refractivity contribution < 1.29 is 0 Å². The Bertz CT molecular complexity index is 370. The first-order chi connectivity index (χ1) is 7.65. The van der Waals surface area contributed by atoms with Crippen molar-refractivity contribution in [3.63, 3.8) is 0 Å². The fourth-order valence-corrected chi connectivity index (χ4v) is 1.85. The van der Waals surface area contributed by atoms with Crippen LogP contribution in [-0.2, 0) is 6.54 Å². The third-order valence-corrected chi connectivity index (χ3v) is 2.80. The summed E-state index contributed by atoms with van der Waals surface area (Å²) in [7, 11) is 0. The average Bonchev–Trinajstić information content (AvgIpc) is 2.25. The number of pyridine rings is 1. The normalized spacial score (nSPS) is 12.7. The van der Waals surface area contributed by atoms with Crippen LogP contribution in [0.4, 0.5) is 0 Å². The summed E-state index contributed by atoms with van der Waals surface area (Å²) in [5, 5.41) is 3.37. The number of nitrogens with zero attached hydrogens (tertiary/aromatic N) is 1. The van der Waals surface area contributed by atoms with Gasteiger partial charge < -0.3 is 9.88 Å². The van der Waals surface area contributed by atoms with Gasteiger partial charge in [0.15, 0.2) is 0 Å². The lowest BCUT2D eigenvalue weighted by molar-refractivity contribution is 0.482. The summed E-state index contributed by atoms with van der Waals surface area (Å²) < 4.78 is 1.80. The Balaban J connectivity index is 2.43. The van der Waals surface area contributed by atoms with Gasteiger partial charge in [-0.15, -0.1) is 0 Å². The summed E-state index contributed by atoms with van der Waals surface area (Å²) in [5.74, 6) is 0. The second-order valence-electron chi connectivity index (χ2n) is 4.29. The van der Waals surface area contributed by atoms with E-state index in [0.717, 1.165) is 31.5 Å². The van der Waals surface area contributed by atoms with Crippen LogP contribution < -0.4 is 10.9 Å². The maximum absolute atomic E-state index is 11.7. The Labute approximate surface area is 97.5 Å². The van der Waals surface area contributed by atoms with E-state index < -0.39 is 0 Å². The fourth-order valence-electron chi connectivity index (χ4n) is 1.85. The average molecular weight is 222 g/mol. The van der Waals surface area contributed by atoms with Gasteiger partial charge in [-0.25, -0.2) is 0 Å². The number of aromatic nitrogens is 1. The summed E-state index contributed by atoms with van der Waals surface area (Å²) in [6.07, 6.45) is 4.01. The first-order valence-corrected chi connectivity index (χ1v) is 6.04. The number of rotatable bonds is 6. The molecule has 1 rings (SSSR count). The molecule has 0 amide bonds. The maximum Gasteiger partial charge on any atom is 0.253 e. The maximum atomic E-state index is 11.7. The monoisotopic (exact) mass is 222 g/mol. The van der Waals surface area contributed by atoms with Crippen molar-refractivity contribution >= 4 is 0 Å². The van der Waals surface area contributed by atoms with Crippen LogP contribution in [0.3, 0.4) is 0 Å². The van der Waals surface area contributed by atoms with Crippen LogP contribution >= 0.6 is 0 Å². The van der Waals surface area contributed by atoms with E-state index in [4.69, 9.17) is 0 Å². The second kappa shape index (κ2) is 6.48. The summed E-state index contributed by atoms with van der Waals surface area (Å²) in [6.45, 7) is 7.98. The van der Waals surface area contributed by atoms with Crippen molar-refractivity contribution in [2.24, 2.45) is 0 Å². The summed E-state index contributed by atoms with van der Waals surface area (Å²) in [5.41, 5.74) is 0.959. The molecule has 0 aliphatic carbocycles. The molecule has 3 nitrogen and oxygen atoms in total. The van der Waals surface area contributed by atoms with Gasteiger partial charge in [-0.1, -0.05) is 13.0 Å². The SMILES string of the molecule is CCNC(C)CCCn1cccc(C)c1=O. The van der Waals surface area contributed by atoms with Crippen molar-refractivity contribution in [1.82, 2.24) is 9.88 Å². The molecule has 1 N–H and O–H groups in total. The van der Waals surface area contributed by atoms with Crippen LogP contribution in [0.15, 0.2) is 23.1 Å². The highest BCUT2D eigenvalue weighted by atomic mass is 16.1. The molecule has 0 bridgehead atoms. The van der Waals surface area contributed by atoms with Gasteiger partial charge >= 0.3 is 0 Å². The zero-order valence-corrected chi connectivity index (χ0v) is 10.5. The molecule has 1 heterocycles. The molecule has 3 heteroatoms. The van der Waals surface area contributed by atoms with Crippen LogP contribution in [0, 0.1) is 6.92 Å². The van der Waals surface area contributed by atoms with Gasteiger partial charge in [-0.05, 0) is 39.3 Å². The molecule has 16 heavy (non-hydrogen) atoms. The molecule has 0 aliphatic rings. The van der Waals surface area contributed by atoms with Gasteiger partial charge in [0.2, 0.25) is 0 Å². The quantitative estimate of drug-likeness (QED) is 0.798. The topological polar surface area (TPSA) is 34.0 Å². The Morgan fingerprint density at radius 1 is 1.50 bits per heavy atom. The lowest BCUT2D eigenvalue weighted by Crippen LogP contribution is -2.27. The van der Waals surface area contributed by atoms with Crippen molar-refractivity contribution in [2.45, 2.75) is 46.2 Å². The molecule has 0 fully saturated rings. The predicted molar refractivity (Wildman–Crippen MR) is 67.8 cm³/mol. The molecule has 1 aromatic heterocycles. The third-order valence-electron chi connectivity index (χ3n) is 2.80. The van der Waals surface area contributed by atoms with E-state index in [1.807, 2.05) is 25.3 Å². The second-order valence-corrected chi connectivity index (χ2v) is 4.29. The lowest BCUT2D eigenvalue weighted by Gasteiger charge is -2.12. The number of aryl methyl sites for hydroxylation is 2. The first-order valence-electron chi connectivity index (χ1n) is 6.04. The minimum absolute atomic E-state index is 0.138. The molecule has 0 aromatic carbocycles. The van der Waals surface area contributed by atoms with E-state index in [2.05, 4.69) is 19.2 Å². The van der Waals surface area contributed by atoms with Crippen LogP contribution in [0.1, 0.15) is 32.3 Å². The molecule has 0 radical (unpaired) electrons. The van der Waals surface area contributed by atoms with E-state index in [0.29, 0.717) is 6.04 Å². The molecule has 0 spiro atoms. The van der Waals surface area contributed by atoms with Gasteiger partial charge in [0.05, 0.1) is 0 Å². The van der Waals surface area contributed by atoms with Gasteiger partial charge in [0.1, 0.15) is 0 Å². The molecule has 1 unspecified atom stereocenters.